The lowest BCUT2D eigenvalue weighted by atomic mass is 10.0. The smallest absolute Gasteiger partial charge is 0.242 e. The van der Waals surface area contributed by atoms with Crippen LogP contribution in [0.1, 0.15) is 16.8 Å². The zero-order valence-corrected chi connectivity index (χ0v) is 18.7. The molecule has 7 nitrogen and oxygen atoms in total. The highest BCUT2D eigenvalue weighted by atomic mass is 16.2. The van der Waals surface area contributed by atoms with E-state index in [0.29, 0.717) is 12.5 Å². The molecule has 1 aliphatic rings. The first kappa shape index (κ1) is 20.9. The van der Waals surface area contributed by atoms with Crippen molar-refractivity contribution in [2.75, 3.05) is 43.4 Å². The summed E-state index contributed by atoms with van der Waals surface area (Å²) in [5, 5.41) is 2.96. The van der Waals surface area contributed by atoms with Crippen LogP contribution in [0.4, 0.5) is 11.6 Å². The fourth-order valence-corrected chi connectivity index (χ4v) is 4.16. The minimum absolute atomic E-state index is 0.179. The lowest BCUT2D eigenvalue weighted by Crippen LogP contribution is -2.49. The summed E-state index contributed by atoms with van der Waals surface area (Å²) >= 11 is 0. The van der Waals surface area contributed by atoms with Crippen LogP contribution in [0.2, 0.25) is 0 Å². The van der Waals surface area contributed by atoms with Crippen LogP contribution in [0.25, 0.3) is 11.1 Å². The molecule has 162 valence electrons. The second-order valence-corrected chi connectivity index (χ2v) is 8.22. The Bertz CT molecular complexity index is 1060. The number of benzene rings is 1. The van der Waals surface area contributed by atoms with E-state index < -0.39 is 0 Å². The van der Waals surface area contributed by atoms with Crippen molar-refractivity contribution in [2.24, 2.45) is 0 Å². The van der Waals surface area contributed by atoms with E-state index in [1.807, 2.05) is 42.0 Å². The van der Waals surface area contributed by atoms with Crippen LogP contribution in [0.15, 0.2) is 42.9 Å². The van der Waals surface area contributed by atoms with E-state index in [1.54, 1.807) is 0 Å². The first-order chi connectivity index (χ1) is 14.9. The standard InChI is InChI=1S/C24H30N6O/c1-17-5-6-22(21(12-17)20-13-26-24(25-4)27-14-20)28-7-9-29(10-8-28)23(31)16-30-15-18(2)11-19(30)3/h5-6,11-15H,7-10,16H2,1-4H3,(H,25,26,27). The topological polar surface area (TPSA) is 66.3 Å². The zero-order valence-electron chi connectivity index (χ0n) is 18.7. The van der Waals surface area contributed by atoms with Crippen LogP contribution < -0.4 is 10.2 Å². The third-order valence-corrected chi connectivity index (χ3v) is 5.87. The second kappa shape index (κ2) is 8.79. The summed E-state index contributed by atoms with van der Waals surface area (Å²) in [5.74, 6) is 0.789. The third-order valence-electron chi connectivity index (χ3n) is 5.87. The number of aromatic nitrogens is 3. The highest BCUT2D eigenvalue weighted by Crippen LogP contribution is 2.32. The van der Waals surface area contributed by atoms with Gasteiger partial charge in [0.25, 0.3) is 0 Å². The molecule has 31 heavy (non-hydrogen) atoms. The van der Waals surface area contributed by atoms with Gasteiger partial charge in [-0.25, -0.2) is 9.97 Å². The van der Waals surface area contributed by atoms with E-state index >= 15 is 0 Å². The average Bonchev–Trinajstić information content (AvgIpc) is 3.10. The van der Waals surface area contributed by atoms with Gasteiger partial charge in [0.2, 0.25) is 11.9 Å². The Hall–Kier alpha value is -3.35. The SMILES string of the molecule is CNc1ncc(-c2cc(C)ccc2N2CCN(C(=O)Cn3cc(C)cc3C)CC2)cn1. The molecular formula is C24H30N6O. The summed E-state index contributed by atoms with van der Waals surface area (Å²) < 4.78 is 2.04. The minimum Gasteiger partial charge on any atom is -0.367 e. The molecule has 3 heterocycles. The van der Waals surface area contributed by atoms with Gasteiger partial charge < -0.3 is 19.7 Å². The van der Waals surface area contributed by atoms with Gasteiger partial charge in [-0.1, -0.05) is 11.6 Å². The van der Waals surface area contributed by atoms with Crippen LogP contribution in [-0.2, 0) is 11.3 Å². The number of rotatable bonds is 5. The van der Waals surface area contributed by atoms with Crippen LogP contribution in [0.5, 0.6) is 0 Å². The van der Waals surface area contributed by atoms with Gasteiger partial charge in [-0.3, -0.25) is 4.79 Å². The summed E-state index contributed by atoms with van der Waals surface area (Å²) in [7, 11) is 1.81. The number of carbonyl (C=O) groups excluding carboxylic acids is 1. The molecule has 0 aliphatic carbocycles. The summed E-state index contributed by atoms with van der Waals surface area (Å²) in [6, 6.07) is 8.59. The summed E-state index contributed by atoms with van der Waals surface area (Å²) in [6.07, 6.45) is 5.76. The van der Waals surface area contributed by atoms with E-state index in [0.717, 1.165) is 48.7 Å². The van der Waals surface area contributed by atoms with Gasteiger partial charge in [0, 0.05) is 74.3 Å². The number of hydrogen-bond donors (Lipinski definition) is 1. The van der Waals surface area contributed by atoms with Gasteiger partial charge in [0.15, 0.2) is 0 Å². The van der Waals surface area contributed by atoms with Gasteiger partial charge in [-0.05, 0) is 44.5 Å². The van der Waals surface area contributed by atoms with Crippen LogP contribution in [0.3, 0.4) is 0 Å². The molecule has 3 aromatic rings. The number of aryl methyl sites for hydroxylation is 3. The van der Waals surface area contributed by atoms with E-state index in [2.05, 4.69) is 58.3 Å². The summed E-state index contributed by atoms with van der Waals surface area (Å²) in [4.78, 5) is 25.9. The number of nitrogens with one attached hydrogen (secondary N) is 1. The molecule has 0 radical (unpaired) electrons. The van der Waals surface area contributed by atoms with Crippen molar-refractivity contribution in [1.29, 1.82) is 0 Å². The molecule has 7 heteroatoms. The van der Waals surface area contributed by atoms with Gasteiger partial charge in [0.05, 0.1) is 0 Å². The largest absolute Gasteiger partial charge is 0.367 e. The Morgan fingerprint density at radius 1 is 1.00 bits per heavy atom. The van der Waals surface area contributed by atoms with Crippen molar-refractivity contribution in [3.8, 4) is 11.1 Å². The fourth-order valence-electron chi connectivity index (χ4n) is 4.16. The van der Waals surface area contributed by atoms with Crippen molar-refractivity contribution < 1.29 is 4.79 Å². The third kappa shape index (κ3) is 4.55. The van der Waals surface area contributed by atoms with E-state index in [9.17, 15) is 4.79 Å². The molecule has 1 amide bonds. The van der Waals surface area contributed by atoms with Crippen LogP contribution in [0, 0.1) is 20.8 Å². The Labute approximate surface area is 183 Å². The fraction of sp³-hybridized carbons (Fsp3) is 0.375. The van der Waals surface area contributed by atoms with E-state index in [-0.39, 0.29) is 5.91 Å². The Balaban J connectivity index is 1.47. The maximum Gasteiger partial charge on any atom is 0.242 e. The molecule has 0 bridgehead atoms. The quantitative estimate of drug-likeness (QED) is 0.689. The molecule has 0 spiro atoms. The number of nitrogens with zero attached hydrogens (tertiary/aromatic N) is 5. The highest BCUT2D eigenvalue weighted by Gasteiger charge is 2.23. The molecule has 1 aromatic carbocycles. The van der Waals surface area contributed by atoms with Gasteiger partial charge in [0.1, 0.15) is 6.54 Å². The van der Waals surface area contributed by atoms with Crippen molar-refractivity contribution >= 4 is 17.5 Å². The van der Waals surface area contributed by atoms with Crippen LogP contribution in [-0.4, -0.2) is 58.6 Å². The van der Waals surface area contributed by atoms with E-state index in [4.69, 9.17) is 0 Å². The Morgan fingerprint density at radius 3 is 2.32 bits per heavy atom. The molecule has 0 atom stereocenters. The Kier molecular flexibility index (Phi) is 5.93. The lowest BCUT2D eigenvalue weighted by Gasteiger charge is -2.37. The average molecular weight is 419 g/mol. The van der Waals surface area contributed by atoms with Gasteiger partial charge >= 0.3 is 0 Å². The lowest BCUT2D eigenvalue weighted by molar-refractivity contribution is -0.132. The Morgan fingerprint density at radius 2 is 1.71 bits per heavy atom. The van der Waals surface area contributed by atoms with Crippen molar-refractivity contribution in [3.63, 3.8) is 0 Å². The highest BCUT2D eigenvalue weighted by molar-refractivity contribution is 5.80. The number of piperazine rings is 1. The normalized spacial score (nSPS) is 14.1. The van der Waals surface area contributed by atoms with E-state index in [1.165, 1.54) is 11.1 Å². The first-order valence-electron chi connectivity index (χ1n) is 10.7. The minimum atomic E-state index is 0.179. The first-order valence-corrected chi connectivity index (χ1v) is 10.7. The predicted octanol–water partition coefficient (Wildman–Crippen LogP) is 3.26. The zero-order chi connectivity index (χ0) is 22.0. The number of hydrogen-bond acceptors (Lipinski definition) is 5. The second-order valence-electron chi connectivity index (χ2n) is 8.22. The molecule has 1 saturated heterocycles. The molecule has 1 aliphatic heterocycles. The van der Waals surface area contributed by atoms with Crippen molar-refractivity contribution in [1.82, 2.24) is 19.4 Å². The molecule has 4 rings (SSSR count). The molecular weight excluding hydrogens is 388 g/mol. The maximum atomic E-state index is 12.8. The number of anilines is 2. The molecule has 0 saturated carbocycles. The van der Waals surface area contributed by atoms with Crippen molar-refractivity contribution in [2.45, 2.75) is 27.3 Å². The molecule has 1 fully saturated rings. The maximum absolute atomic E-state index is 12.8. The predicted molar refractivity (Wildman–Crippen MR) is 124 cm³/mol. The van der Waals surface area contributed by atoms with Gasteiger partial charge in [-0.15, -0.1) is 0 Å². The summed E-state index contributed by atoms with van der Waals surface area (Å²) in [5.41, 5.74) is 6.79. The van der Waals surface area contributed by atoms with Crippen LogP contribution >= 0.6 is 0 Å². The molecule has 0 unspecified atom stereocenters. The number of carbonyl (C=O) groups is 1. The monoisotopic (exact) mass is 418 g/mol. The van der Waals surface area contributed by atoms with Gasteiger partial charge in [-0.2, -0.15) is 0 Å². The van der Waals surface area contributed by atoms with Crippen molar-refractivity contribution in [3.05, 3.63) is 59.7 Å². The summed E-state index contributed by atoms with van der Waals surface area (Å²) in [6.45, 7) is 9.67. The number of amides is 1. The molecule has 2 aromatic heterocycles. The molecule has 1 N–H and O–H groups in total.